The van der Waals surface area contributed by atoms with Crippen molar-refractivity contribution in [1.29, 1.82) is 0 Å². The van der Waals surface area contributed by atoms with Crippen LogP contribution in [0.2, 0.25) is 0 Å². The van der Waals surface area contributed by atoms with Crippen LogP contribution in [0.4, 0.5) is 17.1 Å². The van der Waals surface area contributed by atoms with Crippen LogP contribution in [0.25, 0.3) is 41.7 Å². The summed E-state index contributed by atoms with van der Waals surface area (Å²) in [7, 11) is 0. The number of thiophene rings is 1. The fourth-order valence-electron chi connectivity index (χ4n) is 5.08. The first kappa shape index (κ1) is 19.3. The molecule has 6 aromatic carbocycles. The lowest BCUT2D eigenvalue weighted by Crippen LogP contribution is -2.10. The van der Waals surface area contributed by atoms with Crippen LogP contribution < -0.4 is 4.90 Å². The van der Waals surface area contributed by atoms with E-state index in [0.717, 1.165) is 5.69 Å². The summed E-state index contributed by atoms with van der Waals surface area (Å²) in [4.78, 5) is 2.38. The van der Waals surface area contributed by atoms with E-state index in [9.17, 15) is 0 Å². The first-order valence-corrected chi connectivity index (χ1v) is 12.4. The summed E-state index contributed by atoms with van der Waals surface area (Å²) in [6.45, 7) is 0. The van der Waals surface area contributed by atoms with Crippen molar-refractivity contribution >= 4 is 70.1 Å². The number of rotatable bonds is 3. The summed E-state index contributed by atoms with van der Waals surface area (Å²) < 4.78 is 2.65. The van der Waals surface area contributed by atoms with E-state index in [1.807, 2.05) is 11.3 Å². The molecule has 0 fully saturated rings. The van der Waals surface area contributed by atoms with Crippen LogP contribution in [0.1, 0.15) is 0 Å². The Bertz CT molecular complexity index is 1810. The van der Waals surface area contributed by atoms with Crippen molar-refractivity contribution in [1.82, 2.24) is 0 Å². The zero-order valence-electron chi connectivity index (χ0n) is 18.5. The number of hydrogen-bond acceptors (Lipinski definition) is 2. The minimum absolute atomic E-state index is 1.16. The maximum absolute atomic E-state index is 2.38. The Kier molecular flexibility index (Phi) is 4.39. The number of fused-ring (bicyclic) bond motifs is 6. The first-order chi connectivity index (χ1) is 16.9. The van der Waals surface area contributed by atoms with Crippen LogP contribution in [0, 0.1) is 0 Å². The van der Waals surface area contributed by atoms with Gasteiger partial charge in [0, 0.05) is 36.9 Å². The Morgan fingerprint density at radius 2 is 1.15 bits per heavy atom. The lowest BCUT2D eigenvalue weighted by Gasteiger charge is -2.27. The lowest BCUT2D eigenvalue weighted by molar-refractivity contribution is 1.30. The van der Waals surface area contributed by atoms with Gasteiger partial charge in [0.1, 0.15) is 0 Å². The maximum Gasteiger partial charge on any atom is 0.0540 e. The smallest absolute Gasteiger partial charge is 0.0540 e. The van der Waals surface area contributed by atoms with Crippen LogP contribution in [-0.4, -0.2) is 0 Å². The minimum Gasteiger partial charge on any atom is -0.310 e. The minimum atomic E-state index is 1.16. The van der Waals surface area contributed by atoms with Crippen molar-refractivity contribution in [2.24, 2.45) is 0 Å². The molecule has 0 saturated heterocycles. The predicted octanol–water partition coefficient (Wildman–Crippen LogP) is 9.83. The molecule has 0 bridgehead atoms. The van der Waals surface area contributed by atoms with Crippen LogP contribution in [0.15, 0.2) is 127 Å². The molecule has 34 heavy (non-hydrogen) atoms. The van der Waals surface area contributed by atoms with E-state index in [-0.39, 0.29) is 0 Å². The first-order valence-electron chi connectivity index (χ1n) is 11.5. The molecule has 0 saturated carbocycles. The molecular weight excluding hydrogens is 430 g/mol. The molecule has 7 rings (SSSR count). The van der Waals surface area contributed by atoms with Crippen molar-refractivity contribution in [3.63, 3.8) is 0 Å². The third-order valence-corrected chi connectivity index (χ3v) is 7.74. The molecule has 7 aromatic rings. The van der Waals surface area contributed by atoms with E-state index in [2.05, 4.69) is 132 Å². The summed E-state index contributed by atoms with van der Waals surface area (Å²) in [5.41, 5.74) is 3.52. The zero-order valence-corrected chi connectivity index (χ0v) is 19.3. The molecule has 0 aliphatic rings. The molecule has 0 unspecified atom stereocenters. The van der Waals surface area contributed by atoms with E-state index >= 15 is 0 Å². The van der Waals surface area contributed by atoms with E-state index in [1.54, 1.807) is 0 Å². The molecule has 0 spiro atoms. The van der Waals surface area contributed by atoms with E-state index in [0.29, 0.717) is 0 Å². The number of benzene rings is 6. The average molecular weight is 452 g/mol. The van der Waals surface area contributed by atoms with Gasteiger partial charge in [0.05, 0.1) is 5.69 Å². The van der Waals surface area contributed by atoms with Gasteiger partial charge >= 0.3 is 0 Å². The molecule has 2 heteroatoms. The average Bonchev–Trinajstić information content (AvgIpc) is 3.28. The monoisotopic (exact) mass is 451 g/mol. The molecule has 1 nitrogen and oxygen atoms in total. The summed E-state index contributed by atoms with van der Waals surface area (Å²) in [5.74, 6) is 0. The normalized spacial score (nSPS) is 11.5. The summed E-state index contributed by atoms with van der Waals surface area (Å²) >= 11 is 1.88. The second-order valence-electron chi connectivity index (χ2n) is 8.61. The van der Waals surface area contributed by atoms with E-state index in [1.165, 1.54) is 53.1 Å². The Hall–Kier alpha value is -4.14. The van der Waals surface area contributed by atoms with Crippen LogP contribution in [0.5, 0.6) is 0 Å². The largest absolute Gasteiger partial charge is 0.310 e. The molecule has 0 aliphatic heterocycles. The fraction of sp³-hybridized carbons (Fsp3) is 0. The quantitative estimate of drug-likeness (QED) is 0.258. The molecule has 0 N–H and O–H groups in total. The third kappa shape index (κ3) is 3.00. The Morgan fingerprint density at radius 1 is 0.441 bits per heavy atom. The van der Waals surface area contributed by atoms with Gasteiger partial charge in [0.2, 0.25) is 0 Å². The standard InChI is InChI=1S/C32H21NS/c1-2-12-24(13-3-1)33(29-16-8-11-22-9-4-6-14-26(22)29)25-18-19-28-31(21-25)34-30-20-17-23-10-5-7-15-27(23)32(28)30/h1-21H. The highest BCUT2D eigenvalue weighted by Crippen LogP contribution is 2.43. The topological polar surface area (TPSA) is 3.24 Å². The number of nitrogens with zero attached hydrogens (tertiary/aromatic N) is 1. The Labute approximate surface area is 202 Å². The van der Waals surface area contributed by atoms with Crippen molar-refractivity contribution in [2.75, 3.05) is 4.90 Å². The highest BCUT2D eigenvalue weighted by molar-refractivity contribution is 7.26. The maximum atomic E-state index is 2.38. The van der Waals surface area contributed by atoms with Crippen molar-refractivity contribution in [3.8, 4) is 0 Å². The van der Waals surface area contributed by atoms with Crippen molar-refractivity contribution < 1.29 is 0 Å². The Balaban J connectivity index is 1.50. The van der Waals surface area contributed by atoms with Gasteiger partial charge in [-0.3, -0.25) is 0 Å². The molecule has 0 radical (unpaired) electrons. The van der Waals surface area contributed by atoms with Crippen LogP contribution in [-0.2, 0) is 0 Å². The molecule has 1 aromatic heterocycles. The molecule has 0 atom stereocenters. The van der Waals surface area contributed by atoms with Crippen molar-refractivity contribution in [2.45, 2.75) is 0 Å². The summed E-state index contributed by atoms with van der Waals surface area (Å²) in [5, 5.41) is 7.80. The number of anilines is 3. The van der Waals surface area contributed by atoms with Gasteiger partial charge in [-0.2, -0.15) is 0 Å². The van der Waals surface area contributed by atoms with Crippen LogP contribution >= 0.6 is 11.3 Å². The van der Waals surface area contributed by atoms with Gasteiger partial charge in [-0.15, -0.1) is 11.3 Å². The summed E-state index contributed by atoms with van der Waals surface area (Å²) in [6, 6.07) is 45.9. The predicted molar refractivity (Wildman–Crippen MR) is 149 cm³/mol. The third-order valence-electron chi connectivity index (χ3n) is 6.63. The fourth-order valence-corrected chi connectivity index (χ4v) is 6.24. The molecular formula is C32H21NS. The van der Waals surface area contributed by atoms with Gasteiger partial charge in [-0.1, -0.05) is 91.0 Å². The van der Waals surface area contributed by atoms with Crippen LogP contribution in [0.3, 0.4) is 0 Å². The zero-order chi connectivity index (χ0) is 22.5. The number of hydrogen-bond donors (Lipinski definition) is 0. The van der Waals surface area contributed by atoms with Gasteiger partial charge < -0.3 is 4.90 Å². The van der Waals surface area contributed by atoms with Gasteiger partial charge in [0.25, 0.3) is 0 Å². The van der Waals surface area contributed by atoms with Gasteiger partial charge in [-0.05, 0) is 52.6 Å². The highest BCUT2D eigenvalue weighted by Gasteiger charge is 2.17. The Morgan fingerprint density at radius 3 is 2.00 bits per heavy atom. The SMILES string of the molecule is c1ccc(N(c2ccc3c(c2)sc2ccc4ccccc4c23)c2cccc3ccccc23)cc1. The second-order valence-corrected chi connectivity index (χ2v) is 9.70. The van der Waals surface area contributed by atoms with E-state index < -0.39 is 0 Å². The van der Waals surface area contributed by atoms with Crippen molar-refractivity contribution in [3.05, 3.63) is 127 Å². The molecule has 0 aliphatic carbocycles. The molecule has 1 heterocycles. The summed E-state index contributed by atoms with van der Waals surface area (Å²) in [6.07, 6.45) is 0. The molecule has 0 amide bonds. The highest BCUT2D eigenvalue weighted by atomic mass is 32.1. The van der Waals surface area contributed by atoms with E-state index in [4.69, 9.17) is 0 Å². The lowest BCUT2D eigenvalue weighted by atomic mass is 10.0. The van der Waals surface area contributed by atoms with Gasteiger partial charge in [-0.25, -0.2) is 0 Å². The molecule has 160 valence electrons. The number of para-hydroxylation sites is 1. The van der Waals surface area contributed by atoms with Gasteiger partial charge in [0.15, 0.2) is 0 Å². The second kappa shape index (κ2) is 7.72.